The van der Waals surface area contributed by atoms with Crippen LogP contribution in [-0.4, -0.2) is 61.0 Å². The van der Waals surface area contributed by atoms with Crippen molar-refractivity contribution in [1.82, 2.24) is 14.9 Å². The SMILES string of the molecule is CN(Cc1cnc2ccccc2n1)CC(O)COc1ccc(NS(C)(=O)=O)cc1. The lowest BCUT2D eigenvalue weighted by Gasteiger charge is -2.20. The first-order chi connectivity index (χ1) is 13.8. The Balaban J connectivity index is 1.47. The highest BCUT2D eigenvalue weighted by molar-refractivity contribution is 7.92. The smallest absolute Gasteiger partial charge is 0.229 e. The summed E-state index contributed by atoms with van der Waals surface area (Å²) in [7, 11) is -1.42. The third-order valence-corrected chi connectivity index (χ3v) is 4.66. The lowest BCUT2D eigenvalue weighted by molar-refractivity contribution is 0.0740. The third kappa shape index (κ3) is 6.67. The van der Waals surface area contributed by atoms with Gasteiger partial charge in [-0.15, -0.1) is 0 Å². The lowest BCUT2D eigenvalue weighted by Crippen LogP contribution is -2.33. The number of rotatable bonds is 9. The molecule has 0 amide bonds. The van der Waals surface area contributed by atoms with Crippen molar-refractivity contribution in [2.75, 3.05) is 31.2 Å². The molecule has 0 spiro atoms. The largest absolute Gasteiger partial charge is 0.491 e. The summed E-state index contributed by atoms with van der Waals surface area (Å²) in [5.74, 6) is 0.547. The third-order valence-electron chi connectivity index (χ3n) is 4.05. The van der Waals surface area contributed by atoms with Gasteiger partial charge in [-0.25, -0.2) is 13.4 Å². The minimum atomic E-state index is -3.31. The molecule has 0 aliphatic heterocycles. The minimum Gasteiger partial charge on any atom is -0.491 e. The summed E-state index contributed by atoms with van der Waals surface area (Å²) in [6.45, 7) is 1.08. The van der Waals surface area contributed by atoms with Gasteiger partial charge < -0.3 is 9.84 Å². The van der Waals surface area contributed by atoms with Crippen molar-refractivity contribution in [3.63, 3.8) is 0 Å². The van der Waals surface area contributed by atoms with Crippen LogP contribution in [0.1, 0.15) is 5.69 Å². The van der Waals surface area contributed by atoms with Crippen LogP contribution in [0.4, 0.5) is 5.69 Å². The number of ether oxygens (including phenoxy) is 1. The zero-order valence-electron chi connectivity index (χ0n) is 16.3. The van der Waals surface area contributed by atoms with E-state index in [2.05, 4.69) is 14.7 Å². The van der Waals surface area contributed by atoms with Gasteiger partial charge in [0.15, 0.2) is 0 Å². The van der Waals surface area contributed by atoms with E-state index in [1.807, 2.05) is 36.2 Å². The summed E-state index contributed by atoms with van der Waals surface area (Å²) >= 11 is 0. The number of likely N-dealkylation sites (N-methyl/N-ethyl adjacent to an activating group) is 1. The Hall–Kier alpha value is -2.75. The predicted octanol–water partition coefficient (Wildman–Crippen LogP) is 1.87. The number of benzene rings is 2. The number of para-hydroxylation sites is 2. The van der Waals surface area contributed by atoms with Gasteiger partial charge in [0.2, 0.25) is 10.0 Å². The molecule has 3 aromatic rings. The maximum absolute atomic E-state index is 11.2. The fourth-order valence-corrected chi connectivity index (χ4v) is 3.42. The van der Waals surface area contributed by atoms with Crippen molar-refractivity contribution in [3.8, 4) is 5.75 Å². The van der Waals surface area contributed by atoms with Crippen LogP contribution in [0.3, 0.4) is 0 Å². The Kier molecular flexibility index (Phi) is 6.63. The van der Waals surface area contributed by atoms with E-state index in [4.69, 9.17) is 4.74 Å². The number of sulfonamides is 1. The van der Waals surface area contributed by atoms with Gasteiger partial charge >= 0.3 is 0 Å². The van der Waals surface area contributed by atoms with E-state index in [9.17, 15) is 13.5 Å². The van der Waals surface area contributed by atoms with Crippen LogP contribution in [0.15, 0.2) is 54.7 Å². The van der Waals surface area contributed by atoms with Crippen molar-refractivity contribution in [1.29, 1.82) is 0 Å². The molecule has 0 aliphatic rings. The van der Waals surface area contributed by atoms with E-state index in [-0.39, 0.29) is 6.61 Å². The van der Waals surface area contributed by atoms with Gasteiger partial charge in [-0.3, -0.25) is 14.6 Å². The summed E-state index contributed by atoms with van der Waals surface area (Å²) in [4.78, 5) is 10.9. The monoisotopic (exact) mass is 416 g/mol. The number of aliphatic hydroxyl groups excluding tert-OH is 1. The number of aromatic nitrogens is 2. The molecule has 1 unspecified atom stereocenters. The van der Waals surface area contributed by atoms with Gasteiger partial charge in [0.25, 0.3) is 0 Å². The molecule has 8 nitrogen and oxygen atoms in total. The molecule has 1 atom stereocenters. The van der Waals surface area contributed by atoms with Crippen LogP contribution in [0, 0.1) is 0 Å². The molecular weight excluding hydrogens is 392 g/mol. The number of hydrogen-bond donors (Lipinski definition) is 2. The van der Waals surface area contributed by atoms with Gasteiger partial charge in [-0.1, -0.05) is 12.1 Å². The Bertz CT molecular complexity index is 1060. The molecule has 0 bridgehead atoms. The molecule has 0 saturated carbocycles. The number of nitrogens with one attached hydrogen (secondary N) is 1. The maximum Gasteiger partial charge on any atom is 0.229 e. The quantitative estimate of drug-likeness (QED) is 0.549. The normalized spacial score (nSPS) is 12.8. The van der Waals surface area contributed by atoms with Crippen molar-refractivity contribution >= 4 is 26.7 Å². The Morgan fingerprint density at radius 2 is 1.83 bits per heavy atom. The maximum atomic E-state index is 11.2. The highest BCUT2D eigenvalue weighted by Gasteiger charge is 2.11. The van der Waals surface area contributed by atoms with Crippen LogP contribution in [0.5, 0.6) is 5.75 Å². The zero-order chi connectivity index (χ0) is 20.9. The molecule has 29 heavy (non-hydrogen) atoms. The highest BCUT2D eigenvalue weighted by Crippen LogP contribution is 2.17. The van der Waals surface area contributed by atoms with Crippen LogP contribution in [-0.2, 0) is 16.6 Å². The van der Waals surface area contributed by atoms with Gasteiger partial charge in [-0.05, 0) is 43.4 Å². The van der Waals surface area contributed by atoms with Gasteiger partial charge in [-0.2, -0.15) is 0 Å². The van der Waals surface area contributed by atoms with Crippen LogP contribution in [0.2, 0.25) is 0 Å². The van der Waals surface area contributed by atoms with Crippen molar-refractivity contribution in [3.05, 3.63) is 60.4 Å². The summed E-state index contributed by atoms with van der Waals surface area (Å²) in [6, 6.07) is 14.2. The second kappa shape index (κ2) is 9.17. The molecule has 1 aromatic heterocycles. The zero-order valence-corrected chi connectivity index (χ0v) is 17.1. The molecule has 154 valence electrons. The summed E-state index contributed by atoms with van der Waals surface area (Å²) < 4.78 is 30.4. The van der Waals surface area contributed by atoms with Crippen LogP contribution in [0.25, 0.3) is 11.0 Å². The lowest BCUT2D eigenvalue weighted by atomic mass is 10.3. The van der Waals surface area contributed by atoms with Crippen molar-refractivity contribution in [2.24, 2.45) is 0 Å². The average Bonchev–Trinajstić information content (AvgIpc) is 2.66. The molecule has 2 aromatic carbocycles. The molecule has 3 rings (SSSR count). The molecular formula is C20H24N4O4S. The molecule has 0 saturated heterocycles. The van der Waals surface area contributed by atoms with Crippen LogP contribution >= 0.6 is 0 Å². The first-order valence-corrected chi connectivity index (χ1v) is 11.0. The molecule has 9 heteroatoms. The van der Waals surface area contributed by atoms with Gasteiger partial charge in [0, 0.05) is 18.8 Å². The number of nitrogens with zero attached hydrogens (tertiary/aromatic N) is 3. The molecule has 2 N–H and O–H groups in total. The fourth-order valence-electron chi connectivity index (χ4n) is 2.85. The molecule has 0 radical (unpaired) electrons. The second-order valence-corrected chi connectivity index (χ2v) is 8.66. The molecule has 0 fully saturated rings. The number of hydrogen-bond acceptors (Lipinski definition) is 7. The highest BCUT2D eigenvalue weighted by atomic mass is 32.2. The van der Waals surface area contributed by atoms with Crippen LogP contribution < -0.4 is 9.46 Å². The Labute approximate surface area is 170 Å². The standard InChI is InChI=1S/C20H24N4O4S/c1-24(12-16-11-21-19-5-3-4-6-20(19)22-16)13-17(25)14-28-18-9-7-15(8-10-18)23-29(2,26)27/h3-11,17,23,25H,12-14H2,1-2H3. The number of fused-ring (bicyclic) bond motifs is 1. The van der Waals surface area contributed by atoms with E-state index in [0.717, 1.165) is 23.0 Å². The van der Waals surface area contributed by atoms with E-state index in [0.29, 0.717) is 24.5 Å². The van der Waals surface area contributed by atoms with Gasteiger partial charge in [0.05, 0.1) is 29.2 Å². The Morgan fingerprint density at radius 1 is 1.14 bits per heavy atom. The topological polar surface area (TPSA) is 105 Å². The van der Waals surface area contributed by atoms with Crippen molar-refractivity contribution in [2.45, 2.75) is 12.6 Å². The first kappa shape index (κ1) is 21.0. The van der Waals surface area contributed by atoms with E-state index >= 15 is 0 Å². The fraction of sp³-hybridized carbons (Fsp3) is 0.300. The number of anilines is 1. The van der Waals surface area contributed by atoms with E-state index in [1.165, 1.54) is 0 Å². The van der Waals surface area contributed by atoms with E-state index in [1.54, 1.807) is 30.5 Å². The van der Waals surface area contributed by atoms with Crippen molar-refractivity contribution < 1.29 is 18.3 Å². The minimum absolute atomic E-state index is 0.118. The molecule has 0 aliphatic carbocycles. The summed E-state index contributed by atoms with van der Waals surface area (Å²) in [5.41, 5.74) is 2.98. The summed E-state index contributed by atoms with van der Waals surface area (Å²) in [5, 5.41) is 10.2. The first-order valence-electron chi connectivity index (χ1n) is 9.06. The Morgan fingerprint density at radius 3 is 2.52 bits per heavy atom. The van der Waals surface area contributed by atoms with Gasteiger partial charge in [0.1, 0.15) is 18.5 Å². The average molecular weight is 417 g/mol. The van der Waals surface area contributed by atoms with E-state index < -0.39 is 16.1 Å². The predicted molar refractivity (Wildman–Crippen MR) is 112 cm³/mol. The number of aliphatic hydroxyl groups is 1. The molecule has 1 heterocycles. The second-order valence-electron chi connectivity index (χ2n) is 6.91. The summed E-state index contributed by atoms with van der Waals surface area (Å²) in [6.07, 6.45) is 2.14.